The van der Waals surface area contributed by atoms with Crippen molar-refractivity contribution in [2.24, 2.45) is 0 Å². The first-order valence-corrected chi connectivity index (χ1v) is 13.0. The van der Waals surface area contributed by atoms with Crippen LogP contribution in [0.4, 0.5) is 11.4 Å². The molecule has 0 radical (unpaired) electrons. The molecule has 0 spiro atoms. The van der Waals surface area contributed by atoms with Gasteiger partial charge in [-0.1, -0.05) is 78.7 Å². The molecule has 7 nitrogen and oxygen atoms in total. The van der Waals surface area contributed by atoms with E-state index in [-0.39, 0.29) is 6.04 Å². The van der Waals surface area contributed by atoms with Gasteiger partial charge < -0.3 is 21.5 Å². The van der Waals surface area contributed by atoms with E-state index in [0.717, 1.165) is 17.7 Å². The summed E-state index contributed by atoms with van der Waals surface area (Å²) in [5.74, 6) is 0. The van der Waals surface area contributed by atoms with Gasteiger partial charge in [-0.05, 0) is 42.7 Å². The number of aromatic nitrogens is 1. The Kier molecular flexibility index (Phi) is 7.18. The molecule has 5 rings (SSSR count). The van der Waals surface area contributed by atoms with Crippen molar-refractivity contribution in [3.8, 4) is 6.07 Å². The number of allylic oxidation sites excluding steroid dienone is 1. The van der Waals surface area contributed by atoms with Gasteiger partial charge in [0.15, 0.2) is 0 Å². The van der Waals surface area contributed by atoms with Gasteiger partial charge in [-0.2, -0.15) is 10.8 Å². The number of hydrazine groups is 2. The quantitative estimate of drug-likeness (QED) is 0.163. The number of hydrogen-bond acceptors (Lipinski definition) is 7. The van der Waals surface area contributed by atoms with Crippen LogP contribution in [-0.2, 0) is 0 Å². The van der Waals surface area contributed by atoms with Gasteiger partial charge in [-0.15, -0.1) is 0 Å². The number of nitriles is 1. The second-order valence-corrected chi connectivity index (χ2v) is 9.70. The average molecular weight is 545 g/mol. The van der Waals surface area contributed by atoms with E-state index in [4.69, 9.17) is 23.2 Å². The van der Waals surface area contributed by atoms with Crippen LogP contribution in [0.15, 0.2) is 84.3 Å². The summed E-state index contributed by atoms with van der Waals surface area (Å²) in [5, 5.41) is 18.4. The van der Waals surface area contributed by atoms with Crippen LogP contribution in [0.5, 0.6) is 0 Å². The number of halogens is 2. The maximum Gasteiger partial charge on any atom is 0.103 e. The number of benzene rings is 3. The Balaban J connectivity index is 1.65. The first-order chi connectivity index (χ1) is 18.9. The Labute approximate surface area is 233 Å². The highest BCUT2D eigenvalue weighted by molar-refractivity contribution is 6.36. The van der Waals surface area contributed by atoms with E-state index in [9.17, 15) is 6.63 Å². The topological polar surface area (TPSA) is 96.8 Å². The number of fused-ring (bicyclic) bond motifs is 1. The van der Waals surface area contributed by atoms with Crippen LogP contribution < -0.4 is 27.0 Å². The molecule has 2 heterocycles. The molecule has 0 bridgehead atoms. The highest BCUT2D eigenvalue weighted by Gasteiger charge is 2.25. The molecule has 0 unspecified atom stereocenters. The van der Waals surface area contributed by atoms with E-state index in [1.54, 1.807) is 18.2 Å². The third kappa shape index (κ3) is 5.07. The SMILES string of the molecule is [2H][C@@](Nc1cc(Cl)c2ncc(C#N)c(N[C@H](CC)c3ccccc3)c2c1)(C1=C(C)NNN1)c1ccccc1Cl. The van der Waals surface area contributed by atoms with Crippen molar-refractivity contribution < 1.29 is 1.37 Å². The third-order valence-electron chi connectivity index (χ3n) is 6.45. The van der Waals surface area contributed by atoms with E-state index in [1.165, 1.54) is 6.20 Å². The maximum atomic E-state index is 9.96. The molecule has 5 N–H and O–H groups in total. The van der Waals surface area contributed by atoms with Crippen LogP contribution in [-0.4, -0.2) is 4.98 Å². The van der Waals surface area contributed by atoms with Crippen LogP contribution in [0.2, 0.25) is 10.0 Å². The number of rotatable bonds is 8. The van der Waals surface area contributed by atoms with Gasteiger partial charge in [-0.3, -0.25) is 4.98 Å². The smallest absolute Gasteiger partial charge is 0.103 e. The molecular weight excluding hydrogens is 517 g/mol. The molecule has 0 saturated heterocycles. The fraction of sp³-hybridized carbons (Fsp3) is 0.172. The van der Waals surface area contributed by atoms with Crippen molar-refractivity contribution in [3.63, 3.8) is 0 Å². The maximum absolute atomic E-state index is 9.96. The standard InChI is InChI=1S/C29H27Cl2N7/c1-3-25(18-9-5-4-6-10-18)35-27-19(15-32)16-33-28-22(27)13-20(14-24(28)31)34-29(26-17(2)36-38-37-26)21-11-7-8-12-23(21)30/h4-14,16,25,29,34,36-38H,3H2,1-2H3,(H,33,35)/t25-,29+/m1/s1/i29D. The first-order valence-electron chi connectivity index (χ1n) is 12.7. The molecule has 192 valence electrons. The van der Waals surface area contributed by atoms with Gasteiger partial charge >= 0.3 is 0 Å². The van der Waals surface area contributed by atoms with Gasteiger partial charge in [0.25, 0.3) is 0 Å². The largest absolute Gasteiger partial charge is 0.377 e. The Morgan fingerprint density at radius 1 is 1.03 bits per heavy atom. The second kappa shape index (κ2) is 11.2. The molecule has 0 saturated carbocycles. The summed E-state index contributed by atoms with van der Waals surface area (Å²) in [7, 11) is 0. The average Bonchev–Trinajstić information content (AvgIpc) is 3.39. The molecule has 0 aliphatic carbocycles. The molecule has 1 aromatic heterocycles. The lowest BCUT2D eigenvalue weighted by Crippen LogP contribution is -2.34. The predicted molar refractivity (Wildman–Crippen MR) is 154 cm³/mol. The molecule has 1 aliphatic heterocycles. The Hall–Kier alpha value is -3.96. The zero-order valence-electron chi connectivity index (χ0n) is 21.9. The lowest BCUT2D eigenvalue weighted by atomic mass is 10.0. The van der Waals surface area contributed by atoms with Crippen LogP contribution in [0.3, 0.4) is 0 Å². The Morgan fingerprint density at radius 3 is 2.47 bits per heavy atom. The Morgan fingerprint density at radius 2 is 1.79 bits per heavy atom. The summed E-state index contributed by atoms with van der Waals surface area (Å²) in [4.78, 5) is 4.49. The number of nitrogens with one attached hydrogen (secondary N) is 5. The first kappa shape index (κ1) is 24.4. The lowest BCUT2D eigenvalue weighted by Gasteiger charge is -2.24. The summed E-state index contributed by atoms with van der Waals surface area (Å²) < 4.78 is 9.61. The minimum Gasteiger partial charge on any atom is -0.377 e. The summed E-state index contributed by atoms with van der Waals surface area (Å²) >= 11 is 13.3. The molecule has 9 heteroatoms. The van der Waals surface area contributed by atoms with E-state index < -0.39 is 6.02 Å². The third-order valence-corrected chi connectivity index (χ3v) is 7.07. The van der Waals surface area contributed by atoms with Crippen molar-refractivity contribution in [2.75, 3.05) is 10.6 Å². The molecule has 1 aliphatic rings. The molecule has 2 atom stereocenters. The van der Waals surface area contributed by atoms with Crippen LogP contribution in [0.25, 0.3) is 10.9 Å². The van der Waals surface area contributed by atoms with Gasteiger partial charge in [0.05, 0.1) is 40.9 Å². The summed E-state index contributed by atoms with van der Waals surface area (Å²) in [6.45, 7) is 3.95. The number of hydrogen-bond donors (Lipinski definition) is 5. The highest BCUT2D eigenvalue weighted by atomic mass is 35.5. The number of nitrogens with zero attached hydrogens (tertiary/aromatic N) is 2. The van der Waals surface area contributed by atoms with E-state index in [2.05, 4.69) is 57.1 Å². The van der Waals surface area contributed by atoms with Gasteiger partial charge in [0.2, 0.25) is 0 Å². The fourth-order valence-corrected chi connectivity index (χ4v) is 5.02. The fourth-order valence-electron chi connectivity index (χ4n) is 4.52. The van der Waals surface area contributed by atoms with Crippen molar-refractivity contribution in [3.05, 3.63) is 111 Å². The molecule has 38 heavy (non-hydrogen) atoms. The van der Waals surface area contributed by atoms with Crippen molar-refractivity contribution in [1.82, 2.24) is 21.4 Å². The van der Waals surface area contributed by atoms with Crippen LogP contribution in [0.1, 0.15) is 50.4 Å². The van der Waals surface area contributed by atoms with Crippen molar-refractivity contribution >= 4 is 45.5 Å². The van der Waals surface area contributed by atoms with Crippen molar-refractivity contribution in [1.29, 1.82) is 5.26 Å². The zero-order chi connectivity index (χ0) is 27.6. The van der Waals surface area contributed by atoms with Gasteiger partial charge in [0, 0.05) is 28.0 Å². The summed E-state index contributed by atoms with van der Waals surface area (Å²) in [6, 6.07) is 21.6. The zero-order valence-corrected chi connectivity index (χ0v) is 22.4. The lowest BCUT2D eigenvalue weighted by molar-refractivity contribution is 0.576. The highest BCUT2D eigenvalue weighted by Crippen LogP contribution is 2.38. The number of anilines is 2. The minimum atomic E-state index is -1.51. The normalized spacial score (nSPS) is 15.6. The summed E-state index contributed by atoms with van der Waals surface area (Å²) in [5.41, 5.74) is 14.0. The van der Waals surface area contributed by atoms with E-state index in [0.29, 0.717) is 49.1 Å². The molecular formula is C29H27Cl2N7. The molecule has 0 fully saturated rings. The van der Waals surface area contributed by atoms with Gasteiger partial charge in [-0.25, -0.2) is 0 Å². The number of pyridine rings is 1. The van der Waals surface area contributed by atoms with Crippen molar-refractivity contribution in [2.45, 2.75) is 32.3 Å². The van der Waals surface area contributed by atoms with Crippen LogP contribution in [0, 0.1) is 11.3 Å². The molecule has 3 aromatic carbocycles. The summed E-state index contributed by atoms with van der Waals surface area (Å²) in [6.07, 6.45) is 2.33. The van der Waals surface area contributed by atoms with E-state index in [1.807, 2.05) is 43.3 Å². The predicted octanol–water partition coefficient (Wildman–Crippen LogP) is 6.97. The Bertz CT molecular complexity index is 1600. The monoisotopic (exact) mass is 544 g/mol. The molecule has 0 amide bonds. The van der Waals surface area contributed by atoms with Crippen LogP contribution >= 0.6 is 23.2 Å². The van der Waals surface area contributed by atoms with E-state index >= 15 is 0 Å². The van der Waals surface area contributed by atoms with Gasteiger partial charge in [0.1, 0.15) is 6.07 Å². The molecule has 4 aromatic rings. The minimum absolute atomic E-state index is 0.0367. The second-order valence-electron chi connectivity index (χ2n) is 8.88.